The van der Waals surface area contributed by atoms with E-state index in [2.05, 4.69) is 32.5 Å². The average molecular weight is 371 g/mol. The summed E-state index contributed by atoms with van der Waals surface area (Å²) in [5, 5.41) is 7.91. The number of nitrogens with one attached hydrogen (secondary N) is 1. The van der Waals surface area contributed by atoms with Crippen LogP contribution in [-0.4, -0.2) is 26.9 Å². The predicted molar refractivity (Wildman–Crippen MR) is 110 cm³/mol. The molecule has 0 aliphatic heterocycles. The molecule has 0 saturated heterocycles. The molecule has 0 unspecified atom stereocenters. The molecule has 4 rings (SSSR count). The summed E-state index contributed by atoms with van der Waals surface area (Å²) in [6.07, 6.45) is 3.75. The third-order valence-corrected chi connectivity index (χ3v) is 4.46. The minimum atomic E-state index is 0.595. The SMILES string of the molecule is COc1ccc(-n2cc(-c3ccnc(NCc4ccccc4)n3)c(C)n2)cc1. The van der Waals surface area contributed by atoms with Crippen molar-refractivity contribution >= 4 is 5.95 Å². The lowest BCUT2D eigenvalue weighted by Gasteiger charge is -2.06. The zero-order valence-corrected chi connectivity index (χ0v) is 15.8. The number of ether oxygens (including phenoxy) is 1. The summed E-state index contributed by atoms with van der Waals surface area (Å²) in [6.45, 7) is 2.66. The summed E-state index contributed by atoms with van der Waals surface area (Å²) in [5.74, 6) is 1.41. The van der Waals surface area contributed by atoms with Crippen molar-refractivity contribution < 1.29 is 4.74 Å². The van der Waals surface area contributed by atoms with Crippen LogP contribution < -0.4 is 10.1 Å². The van der Waals surface area contributed by atoms with E-state index in [0.717, 1.165) is 28.4 Å². The van der Waals surface area contributed by atoms with E-state index in [1.54, 1.807) is 13.3 Å². The van der Waals surface area contributed by atoms with Crippen molar-refractivity contribution in [3.8, 4) is 22.7 Å². The van der Waals surface area contributed by atoms with Crippen molar-refractivity contribution in [3.63, 3.8) is 0 Å². The Bertz CT molecular complexity index is 1060. The highest BCUT2D eigenvalue weighted by atomic mass is 16.5. The highest BCUT2D eigenvalue weighted by Gasteiger charge is 2.11. The third-order valence-electron chi connectivity index (χ3n) is 4.46. The fourth-order valence-corrected chi connectivity index (χ4v) is 2.95. The van der Waals surface area contributed by atoms with Crippen LogP contribution in [0, 0.1) is 6.92 Å². The molecule has 0 fully saturated rings. The van der Waals surface area contributed by atoms with Gasteiger partial charge in [0.05, 0.1) is 24.2 Å². The Morgan fingerprint density at radius 1 is 1.00 bits per heavy atom. The molecule has 2 heterocycles. The van der Waals surface area contributed by atoms with Gasteiger partial charge in [-0.15, -0.1) is 0 Å². The van der Waals surface area contributed by atoms with Crippen molar-refractivity contribution in [2.24, 2.45) is 0 Å². The van der Waals surface area contributed by atoms with Crippen molar-refractivity contribution in [3.05, 3.63) is 84.3 Å². The van der Waals surface area contributed by atoms with E-state index < -0.39 is 0 Å². The van der Waals surface area contributed by atoms with Gasteiger partial charge in [-0.2, -0.15) is 5.10 Å². The monoisotopic (exact) mass is 371 g/mol. The lowest BCUT2D eigenvalue weighted by Crippen LogP contribution is -2.03. The number of aryl methyl sites for hydroxylation is 1. The van der Waals surface area contributed by atoms with E-state index in [1.165, 1.54) is 5.56 Å². The van der Waals surface area contributed by atoms with Gasteiger partial charge in [-0.3, -0.25) is 0 Å². The topological polar surface area (TPSA) is 64.9 Å². The first-order valence-corrected chi connectivity index (χ1v) is 9.05. The molecule has 2 aromatic carbocycles. The molecule has 4 aromatic rings. The summed E-state index contributed by atoms with van der Waals surface area (Å²) < 4.78 is 7.07. The van der Waals surface area contributed by atoms with Gasteiger partial charge >= 0.3 is 0 Å². The summed E-state index contributed by atoms with van der Waals surface area (Å²) in [4.78, 5) is 8.99. The van der Waals surface area contributed by atoms with E-state index in [4.69, 9.17) is 4.74 Å². The molecule has 0 radical (unpaired) electrons. The molecule has 0 amide bonds. The van der Waals surface area contributed by atoms with Gasteiger partial charge in [0.25, 0.3) is 0 Å². The first kappa shape index (κ1) is 17.7. The Morgan fingerprint density at radius 3 is 2.54 bits per heavy atom. The molecule has 1 N–H and O–H groups in total. The van der Waals surface area contributed by atoms with E-state index in [1.807, 2.05) is 66.3 Å². The van der Waals surface area contributed by atoms with Crippen LogP contribution in [0.25, 0.3) is 16.9 Å². The fourth-order valence-electron chi connectivity index (χ4n) is 2.95. The van der Waals surface area contributed by atoms with Crippen LogP contribution in [0.2, 0.25) is 0 Å². The Kier molecular flexibility index (Phi) is 5.01. The number of aromatic nitrogens is 4. The molecule has 6 heteroatoms. The van der Waals surface area contributed by atoms with Crippen molar-refractivity contribution in [1.29, 1.82) is 0 Å². The average Bonchev–Trinajstić information content (AvgIpc) is 3.15. The van der Waals surface area contributed by atoms with E-state index >= 15 is 0 Å². The molecular formula is C22H21N5O. The van der Waals surface area contributed by atoms with Gasteiger partial charge in [0.1, 0.15) is 5.75 Å². The van der Waals surface area contributed by atoms with Gasteiger partial charge in [0.2, 0.25) is 5.95 Å². The molecule has 28 heavy (non-hydrogen) atoms. The Labute approximate surface area is 163 Å². The lowest BCUT2D eigenvalue weighted by molar-refractivity contribution is 0.414. The number of methoxy groups -OCH3 is 1. The molecular weight excluding hydrogens is 350 g/mol. The summed E-state index contributed by atoms with van der Waals surface area (Å²) in [5.41, 5.74) is 4.86. The smallest absolute Gasteiger partial charge is 0.223 e. The molecule has 2 aromatic heterocycles. The summed E-state index contributed by atoms with van der Waals surface area (Å²) in [7, 11) is 1.66. The number of benzene rings is 2. The lowest BCUT2D eigenvalue weighted by atomic mass is 10.2. The van der Waals surface area contributed by atoms with Gasteiger partial charge in [-0.1, -0.05) is 30.3 Å². The zero-order chi connectivity index (χ0) is 19.3. The second-order valence-corrected chi connectivity index (χ2v) is 6.38. The minimum Gasteiger partial charge on any atom is -0.497 e. The molecule has 0 saturated carbocycles. The maximum absolute atomic E-state index is 5.22. The predicted octanol–water partition coefficient (Wildman–Crippen LogP) is 4.26. The molecule has 140 valence electrons. The van der Waals surface area contributed by atoms with Crippen LogP contribution in [0.4, 0.5) is 5.95 Å². The van der Waals surface area contributed by atoms with Gasteiger partial charge in [-0.05, 0) is 42.8 Å². The van der Waals surface area contributed by atoms with Crippen molar-refractivity contribution in [1.82, 2.24) is 19.7 Å². The van der Waals surface area contributed by atoms with E-state index in [9.17, 15) is 0 Å². The number of hydrogen-bond acceptors (Lipinski definition) is 5. The van der Waals surface area contributed by atoms with E-state index in [-0.39, 0.29) is 0 Å². The Balaban J connectivity index is 1.56. The van der Waals surface area contributed by atoms with Gasteiger partial charge < -0.3 is 10.1 Å². The van der Waals surface area contributed by atoms with Crippen LogP contribution in [0.1, 0.15) is 11.3 Å². The van der Waals surface area contributed by atoms with Gasteiger partial charge in [-0.25, -0.2) is 14.6 Å². The number of hydrogen-bond donors (Lipinski definition) is 1. The number of anilines is 1. The maximum Gasteiger partial charge on any atom is 0.223 e. The van der Waals surface area contributed by atoms with Crippen LogP contribution in [0.5, 0.6) is 5.75 Å². The quantitative estimate of drug-likeness (QED) is 0.549. The highest BCUT2D eigenvalue weighted by molar-refractivity contribution is 5.62. The molecule has 6 nitrogen and oxygen atoms in total. The van der Waals surface area contributed by atoms with Crippen LogP contribution in [0.15, 0.2) is 73.1 Å². The Hall–Kier alpha value is -3.67. The molecule has 0 aliphatic carbocycles. The van der Waals surface area contributed by atoms with E-state index in [0.29, 0.717) is 12.5 Å². The fraction of sp³-hybridized carbons (Fsp3) is 0.136. The normalized spacial score (nSPS) is 10.6. The highest BCUT2D eigenvalue weighted by Crippen LogP contribution is 2.23. The molecule has 0 bridgehead atoms. The third kappa shape index (κ3) is 3.86. The number of nitrogens with zero attached hydrogens (tertiary/aromatic N) is 4. The zero-order valence-electron chi connectivity index (χ0n) is 15.8. The first-order valence-electron chi connectivity index (χ1n) is 9.05. The maximum atomic E-state index is 5.22. The van der Waals surface area contributed by atoms with Crippen LogP contribution >= 0.6 is 0 Å². The summed E-state index contributed by atoms with van der Waals surface area (Å²) in [6, 6.07) is 19.9. The minimum absolute atomic E-state index is 0.595. The second kappa shape index (κ2) is 7.92. The van der Waals surface area contributed by atoms with Crippen LogP contribution in [-0.2, 0) is 6.54 Å². The second-order valence-electron chi connectivity index (χ2n) is 6.38. The molecule has 0 spiro atoms. The van der Waals surface area contributed by atoms with Crippen molar-refractivity contribution in [2.45, 2.75) is 13.5 Å². The van der Waals surface area contributed by atoms with Gasteiger partial charge in [0, 0.05) is 24.5 Å². The number of rotatable bonds is 6. The standard InChI is InChI=1S/C22H21N5O/c1-16-20(15-27(26-16)18-8-10-19(28-2)11-9-18)21-12-13-23-22(25-21)24-14-17-6-4-3-5-7-17/h3-13,15H,14H2,1-2H3,(H,23,24,25). The summed E-state index contributed by atoms with van der Waals surface area (Å²) >= 11 is 0. The van der Waals surface area contributed by atoms with Crippen LogP contribution in [0.3, 0.4) is 0 Å². The van der Waals surface area contributed by atoms with Crippen molar-refractivity contribution in [2.75, 3.05) is 12.4 Å². The van der Waals surface area contributed by atoms with Gasteiger partial charge in [0.15, 0.2) is 0 Å². The molecule has 0 aliphatic rings. The Morgan fingerprint density at radius 2 is 1.79 bits per heavy atom. The first-order chi connectivity index (χ1) is 13.7. The largest absolute Gasteiger partial charge is 0.497 e. The molecule has 0 atom stereocenters.